The third-order valence-corrected chi connectivity index (χ3v) is 3.78. The highest BCUT2D eigenvalue weighted by Gasteiger charge is 2.27. The Morgan fingerprint density at radius 2 is 2.14 bits per heavy atom. The largest absolute Gasteiger partial charge is 0.441 e. The van der Waals surface area contributed by atoms with Gasteiger partial charge in [0, 0.05) is 24.6 Å². The number of para-hydroxylation sites is 1. The van der Waals surface area contributed by atoms with Crippen molar-refractivity contribution >= 4 is 34.4 Å². The summed E-state index contributed by atoms with van der Waals surface area (Å²) in [5, 5.41) is 9.07. The van der Waals surface area contributed by atoms with E-state index in [1.807, 2.05) is 6.07 Å². The van der Waals surface area contributed by atoms with Gasteiger partial charge in [-0.3, -0.25) is 0 Å². The van der Waals surface area contributed by atoms with Crippen LogP contribution in [0.4, 0.5) is 13.2 Å². The lowest BCUT2D eigenvalue weighted by Gasteiger charge is -2.09. The van der Waals surface area contributed by atoms with Gasteiger partial charge >= 0.3 is 5.51 Å². The van der Waals surface area contributed by atoms with Crippen molar-refractivity contribution in [2.45, 2.75) is 18.5 Å². The Morgan fingerprint density at radius 3 is 2.76 bits per heavy atom. The van der Waals surface area contributed by atoms with Crippen molar-refractivity contribution in [2.24, 2.45) is 0 Å². The van der Waals surface area contributed by atoms with E-state index >= 15 is 0 Å². The molecule has 0 spiro atoms. The highest BCUT2D eigenvalue weighted by atomic mass is 35.5. The highest BCUT2D eigenvalue weighted by Crippen LogP contribution is 2.30. The Labute approximate surface area is 128 Å². The van der Waals surface area contributed by atoms with Gasteiger partial charge in [-0.15, -0.1) is 11.6 Å². The van der Waals surface area contributed by atoms with Gasteiger partial charge in [-0.1, -0.05) is 6.07 Å². The second-order valence-corrected chi connectivity index (χ2v) is 5.74. The summed E-state index contributed by atoms with van der Waals surface area (Å²) in [5.41, 5.74) is -2.67. The number of nitrogens with zero attached hydrogens (tertiary/aromatic N) is 3. The van der Waals surface area contributed by atoms with Gasteiger partial charge in [0.05, 0.1) is 11.1 Å². The first-order valence-electron chi connectivity index (χ1n) is 6.11. The molecular formula is C13H11ClF3N3S. The minimum absolute atomic E-state index is 0.0695. The molecule has 0 fully saturated rings. The Bertz CT molecular complexity index is 676. The quantitative estimate of drug-likeness (QED) is 0.778. The second-order valence-electron chi connectivity index (χ2n) is 4.20. The molecule has 0 N–H and O–H groups in total. The summed E-state index contributed by atoms with van der Waals surface area (Å²) in [6.07, 6.45) is 0.442. The van der Waals surface area contributed by atoms with Crippen molar-refractivity contribution in [3.05, 3.63) is 29.6 Å². The molecule has 2 aromatic rings. The molecule has 3 nitrogen and oxygen atoms in total. The SMILES string of the molecule is N#Cc1cccc2c1nc(CCCl)n2CCSC(F)(F)F. The molecule has 0 amide bonds. The zero-order valence-corrected chi connectivity index (χ0v) is 12.4. The molecule has 1 aromatic heterocycles. The molecule has 0 saturated carbocycles. The summed E-state index contributed by atoms with van der Waals surface area (Å²) in [6.45, 7) is 0.168. The molecule has 0 aliphatic rings. The predicted molar refractivity (Wildman–Crippen MR) is 77.4 cm³/mol. The van der Waals surface area contributed by atoms with Crippen LogP contribution in [-0.4, -0.2) is 26.7 Å². The van der Waals surface area contributed by atoms with Crippen LogP contribution < -0.4 is 0 Å². The molecule has 1 aromatic carbocycles. The van der Waals surface area contributed by atoms with E-state index in [-0.39, 0.29) is 24.1 Å². The Balaban J connectivity index is 2.35. The number of fused-ring (bicyclic) bond motifs is 1. The average Bonchev–Trinajstić information content (AvgIpc) is 2.76. The molecular weight excluding hydrogens is 323 g/mol. The number of alkyl halides is 4. The molecule has 0 unspecified atom stereocenters. The van der Waals surface area contributed by atoms with Crippen molar-refractivity contribution in [3.63, 3.8) is 0 Å². The van der Waals surface area contributed by atoms with Crippen LogP contribution in [0.15, 0.2) is 18.2 Å². The maximum Gasteiger partial charge on any atom is 0.441 e. The third kappa shape index (κ3) is 3.83. The maximum absolute atomic E-state index is 12.2. The first-order valence-corrected chi connectivity index (χ1v) is 7.63. The molecule has 8 heteroatoms. The number of benzene rings is 1. The topological polar surface area (TPSA) is 41.6 Å². The number of hydrogen-bond donors (Lipinski definition) is 0. The number of aryl methyl sites for hydroxylation is 2. The smallest absolute Gasteiger partial charge is 0.327 e. The lowest BCUT2D eigenvalue weighted by atomic mass is 10.2. The second kappa shape index (κ2) is 6.58. The van der Waals surface area contributed by atoms with E-state index in [2.05, 4.69) is 4.98 Å². The van der Waals surface area contributed by atoms with Crippen LogP contribution in [0, 0.1) is 11.3 Å². The zero-order valence-electron chi connectivity index (χ0n) is 10.8. The standard InChI is InChI=1S/C13H11ClF3N3S/c14-5-4-11-19-12-9(8-18)2-1-3-10(12)20(11)6-7-21-13(15,16)17/h1-3H,4-7H2. The van der Waals surface area contributed by atoms with Crippen LogP contribution in [0.2, 0.25) is 0 Å². The minimum Gasteiger partial charge on any atom is -0.327 e. The summed E-state index contributed by atoms with van der Waals surface area (Å²) < 4.78 is 38.4. The molecule has 0 saturated heterocycles. The number of rotatable bonds is 5. The van der Waals surface area contributed by atoms with Crippen molar-refractivity contribution < 1.29 is 13.2 Å². The normalized spacial score (nSPS) is 11.8. The van der Waals surface area contributed by atoms with Crippen molar-refractivity contribution in [2.75, 3.05) is 11.6 Å². The van der Waals surface area contributed by atoms with Crippen molar-refractivity contribution in [1.82, 2.24) is 9.55 Å². The summed E-state index contributed by atoms with van der Waals surface area (Å²) >= 11 is 5.64. The molecule has 1 heterocycles. The molecule has 112 valence electrons. The summed E-state index contributed by atoms with van der Waals surface area (Å²) in [4.78, 5) is 4.35. The maximum atomic E-state index is 12.2. The lowest BCUT2D eigenvalue weighted by Crippen LogP contribution is -2.10. The first kappa shape index (κ1) is 16.0. The summed E-state index contributed by atoms with van der Waals surface area (Å²) in [5.74, 6) is 0.809. The number of thioether (sulfide) groups is 1. The number of nitriles is 1. The van der Waals surface area contributed by atoms with Gasteiger partial charge in [0.1, 0.15) is 17.4 Å². The van der Waals surface area contributed by atoms with Crippen LogP contribution in [0.1, 0.15) is 11.4 Å². The fraction of sp³-hybridized carbons (Fsp3) is 0.385. The number of hydrogen-bond acceptors (Lipinski definition) is 3. The van der Waals surface area contributed by atoms with E-state index in [1.54, 1.807) is 22.8 Å². The summed E-state index contributed by atoms with van der Waals surface area (Å²) in [6, 6.07) is 7.12. The van der Waals surface area contributed by atoms with Crippen LogP contribution in [0.25, 0.3) is 11.0 Å². The number of halogens is 4. The average molecular weight is 334 g/mol. The minimum atomic E-state index is -4.25. The van der Waals surface area contributed by atoms with Gasteiger partial charge in [-0.25, -0.2) is 4.98 Å². The van der Waals surface area contributed by atoms with Gasteiger partial charge in [-0.2, -0.15) is 18.4 Å². The van der Waals surface area contributed by atoms with Crippen LogP contribution in [-0.2, 0) is 13.0 Å². The van der Waals surface area contributed by atoms with Gasteiger partial charge in [0.25, 0.3) is 0 Å². The zero-order chi connectivity index (χ0) is 15.5. The Kier molecular flexibility index (Phi) is 5.01. The molecule has 2 rings (SSSR count). The van der Waals surface area contributed by atoms with Crippen LogP contribution in [0.5, 0.6) is 0 Å². The fourth-order valence-electron chi connectivity index (χ4n) is 2.06. The lowest BCUT2D eigenvalue weighted by molar-refractivity contribution is -0.0328. The third-order valence-electron chi connectivity index (χ3n) is 2.88. The van der Waals surface area contributed by atoms with Crippen molar-refractivity contribution in [1.29, 1.82) is 5.26 Å². The Hall–Kier alpha value is -1.39. The molecule has 0 bridgehead atoms. The van der Waals surface area contributed by atoms with Crippen LogP contribution >= 0.6 is 23.4 Å². The van der Waals surface area contributed by atoms with Gasteiger partial charge < -0.3 is 4.57 Å². The number of aromatic nitrogens is 2. The van der Waals surface area contributed by atoms with E-state index in [9.17, 15) is 13.2 Å². The summed E-state index contributed by atoms with van der Waals surface area (Å²) in [7, 11) is 0. The monoisotopic (exact) mass is 333 g/mol. The molecule has 21 heavy (non-hydrogen) atoms. The van der Waals surface area contributed by atoms with E-state index in [0.717, 1.165) is 0 Å². The molecule has 0 radical (unpaired) electrons. The van der Waals surface area contributed by atoms with E-state index in [1.165, 1.54) is 0 Å². The molecule has 0 aliphatic carbocycles. The molecule has 0 aliphatic heterocycles. The van der Waals surface area contributed by atoms with Gasteiger partial charge in [0.2, 0.25) is 0 Å². The molecule has 0 atom stereocenters. The number of imidazole rings is 1. The van der Waals surface area contributed by atoms with Crippen molar-refractivity contribution in [3.8, 4) is 6.07 Å². The highest BCUT2D eigenvalue weighted by molar-refractivity contribution is 8.00. The van der Waals surface area contributed by atoms with Gasteiger partial charge in [0.15, 0.2) is 0 Å². The van der Waals surface area contributed by atoms with E-state index < -0.39 is 5.51 Å². The fourth-order valence-corrected chi connectivity index (χ4v) is 2.74. The predicted octanol–water partition coefficient (Wildman–Crippen LogP) is 3.94. The Morgan fingerprint density at radius 1 is 1.38 bits per heavy atom. The van der Waals surface area contributed by atoms with Gasteiger partial charge in [-0.05, 0) is 23.9 Å². The first-order chi connectivity index (χ1) is 9.96. The van der Waals surface area contributed by atoms with E-state index in [4.69, 9.17) is 16.9 Å². The van der Waals surface area contributed by atoms with E-state index in [0.29, 0.717) is 34.7 Å². The van der Waals surface area contributed by atoms with Crippen LogP contribution in [0.3, 0.4) is 0 Å².